The number of carbonyl (C=O) groups excluding carboxylic acids is 1. The topological polar surface area (TPSA) is 85.0 Å². The number of carbonyl (C=O) groups is 1. The van der Waals surface area contributed by atoms with Gasteiger partial charge in [-0.1, -0.05) is 35.5 Å². The summed E-state index contributed by atoms with van der Waals surface area (Å²) in [6.07, 6.45) is 5.87. The van der Waals surface area contributed by atoms with Crippen LogP contribution in [0.1, 0.15) is 47.4 Å². The Morgan fingerprint density at radius 3 is 2.77 bits per heavy atom. The minimum absolute atomic E-state index is 0.151. The number of nitrogens with zero attached hydrogens (tertiary/aromatic N) is 5. The van der Waals surface area contributed by atoms with Gasteiger partial charge in [-0.3, -0.25) is 9.78 Å². The summed E-state index contributed by atoms with van der Waals surface area (Å²) in [7, 11) is 0. The number of amides is 1. The smallest absolute Gasteiger partial charge is 0.274 e. The van der Waals surface area contributed by atoms with Crippen molar-refractivity contribution in [2.24, 2.45) is 0 Å². The van der Waals surface area contributed by atoms with Gasteiger partial charge in [0.25, 0.3) is 5.91 Å². The summed E-state index contributed by atoms with van der Waals surface area (Å²) < 4.78 is 5.50. The second-order valence-electron chi connectivity index (χ2n) is 6.38. The first kappa shape index (κ1) is 16.4. The highest BCUT2D eigenvalue weighted by atomic mass is 16.5. The lowest BCUT2D eigenvalue weighted by Gasteiger charge is -2.33. The molecule has 1 saturated heterocycles. The minimum atomic E-state index is -0.232. The van der Waals surface area contributed by atoms with Crippen molar-refractivity contribution in [3.63, 3.8) is 0 Å². The fourth-order valence-electron chi connectivity index (χ4n) is 3.16. The highest BCUT2D eigenvalue weighted by molar-refractivity contribution is 5.92. The lowest BCUT2D eigenvalue weighted by molar-refractivity contribution is 0.0555. The summed E-state index contributed by atoms with van der Waals surface area (Å²) >= 11 is 0. The molecule has 1 unspecified atom stereocenters. The van der Waals surface area contributed by atoms with Crippen LogP contribution in [0.2, 0.25) is 0 Å². The highest BCUT2D eigenvalue weighted by Gasteiger charge is 2.33. The van der Waals surface area contributed by atoms with E-state index in [2.05, 4.69) is 20.1 Å². The van der Waals surface area contributed by atoms with Gasteiger partial charge in [0.1, 0.15) is 11.7 Å². The molecular weight excluding hydrogens is 330 g/mol. The van der Waals surface area contributed by atoms with E-state index >= 15 is 0 Å². The predicted octanol–water partition coefficient (Wildman–Crippen LogP) is 3.20. The third-order valence-electron chi connectivity index (χ3n) is 4.52. The van der Waals surface area contributed by atoms with Gasteiger partial charge in [0.05, 0.1) is 11.9 Å². The molecule has 7 nitrogen and oxygen atoms in total. The van der Waals surface area contributed by atoms with Crippen LogP contribution in [0.25, 0.3) is 11.4 Å². The van der Waals surface area contributed by atoms with Crippen molar-refractivity contribution in [3.8, 4) is 11.4 Å². The van der Waals surface area contributed by atoms with Crippen LogP contribution >= 0.6 is 0 Å². The van der Waals surface area contributed by atoms with Gasteiger partial charge in [0.15, 0.2) is 0 Å². The van der Waals surface area contributed by atoms with E-state index < -0.39 is 0 Å². The van der Waals surface area contributed by atoms with Crippen molar-refractivity contribution >= 4 is 5.91 Å². The Morgan fingerprint density at radius 2 is 2.00 bits per heavy atom. The molecule has 26 heavy (non-hydrogen) atoms. The lowest BCUT2D eigenvalue weighted by Crippen LogP contribution is -2.39. The van der Waals surface area contributed by atoms with E-state index in [1.54, 1.807) is 11.1 Å². The summed E-state index contributed by atoms with van der Waals surface area (Å²) in [5.74, 6) is 0.854. The van der Waals surface area contributed by atoms with Crippen LogP contribution in [0.15, 0.2) is 47.2 Å². The van der Waals surface area contributed by atoms with Gasteiger partial charge >= 0.3 is 0 Å². The van der Waals surface area contributed by atoms with E-state index in [1.165, 1.54) is 6.20 Å². The maximum atomic E-state index is 12.9. The summed E-state index contributed by atoms with van der Waals surface area (Å²) in [4.78, 5) is 27.6. The Morgan fingerprint density at radius 1 is 1.15 bits per heavy atom. The van der Waals surface area contributed by atoms with Crippen LogP contribution < -0.4 is 0 Å². The van der Waals surface area contributed by atoms with Gasteiger partial charge in [0, 0.05) is 18.3 Å². The average Bonchev–Trinajstić information content (AvgIpc) is 3.19. The molecule has 0 bridgehead atoms. The average molecular weight is 349 g/mol. The fraction of sp³-hybridized carbons (Fsp3) is 0.316. The number of piperidine rings is 1. The monoisotopic (exact) mass is 349 g/mol. The van der Waals surface area contributed by atoms with E-state index in [1.807, 2.05) is 37.3 Å². The standard InChI is InChI=1S/C19H19N5O2/c1-13-11-21-15(12-20-13)19(25)24-10-6-5-9-16(24)18-22-17(23-26-18)14-7-3-2-4-8-14/h2-4,7-8,11-12,16H,5-6,9-10H2,1H3. The SMILES string of the molecule is Cc1cnc(C(=O)N2CCCCC2c2nc(-c3ccccc3)no2)cn1. The molecule has 1 aromatic carbocycles. The first-order valence-corrected chi connectivity index (χ1v) is 8.71. The molecular formula is C19H19N5O2. The molecule has 0 saturated carbocycles. The van der Waals surface area contributed by atoms with Crippen LogP contribution in [0.5, 0.6) is 0 Å². The van der Waals surface area contributed by atoms with Crippen molar-refractivity contribution in [1.29, 1.82) is 0 Å². The van der Waals surface area contributed by atoms with Crippen LogP contribution in [0, 0.1) is 6.92 Å². The number of aryl methyl sites for hydroxylation is 1. The third kappa shape index (κ3) is 3.20. The van der Waals surface area contributed by atoms with Gasteiger partial charge in [-0.05, 0) is 26.2 Å². The van der Waals surface area contributed by atoms with Gasteiger partial charge in [-0.25, -0.2) is 4.98 Å². The van der Waals surface area contributed by atoms with E-state index in [4.69, 9.17) is 4.52 Å². The molecule has 1 aliphatic rings. The van der Waals surface area contributed by atoms with Crippen molar-refractivity contribution in [3.05, 3.63) is 60.0 Å². The molecule has 1 amide bonds. The van der Waals surface area contributed by atoms with Crippen molar-refractivity contribution < 1.29 is 9.32 Å². The van der Waals surface area contributed by atoms with Crippen LogP contribution in [0.3, 0.4) is 0 Å². The number of likely N-dealkylation sites (tertiary alicyclic amines) is 1. The highest BCUT2D eigenvalue weighted by Crippen LogP contribution is 2.32. The second-order valence-corrected chi connectivity index (χ2v) is 6.38. The number of benzene rings is 1. The molecule has 132 valence electrons. The zero-order chi connectivity index (χ0) is 17.9. The van der Waals surface area contributed by atoms with Crippen molar-refractivity contribution in [2.45, 2.75) is 32.2 Å². The Kier molecular flexibility index (Phi) is 4.43. The molecule has 1 atom stereocenters. The number of rotatable bonds is 3. The van der Waals surface area contributed by atoms with Crippen molar-refractivity contribution in [1.82, 2.24) is 25.0 Å². The van der Waals surface area contributed by atoms with Gasteiger partial charge in [-0.15, -0.1) is 0 Å². The van der Waals surface area contributed by atoms with Crippen LogP contribution in [0.4, 0.5) is 0 Å². The molecule has 3 aromatic rings. The molecule has 3 heterocycles. The first-order valence-electron chi connectivity index (χ1n) is 8.71. The second kappa shape index (κ2) is 7.03. The first-order chi connectivity index (χ1) is 12.7. The summed E-state index contributed by atoms with van der Waals surface area (Å²) in [6, 6.07) is 9.43. The Hall–Kier alpha value is -3.09. The zero-order valence-electron chi connectivity index (χ0n) is 14.5. The van der Waals surface area contributed by atoms with Crippen molar-refractivity contribution in [2.75, 3.05) is 6.54 Å². The molecule has 0 N–H and O–H groups in total. The van der Waals surface area contributed by atoms with Gasteiger partial charge in [0.2, 0.25) is 11.7 Å². The van der Waals surface area contributed by atoms with Crippen LogP contribution in [-0.4, -0.2) is 37.5 Å². The molecule has 1 fully saturated rings. The van der Waals surface area contributed by atoms with E-state index in [-0.39, 0.29) is 11.9 Å². The lowest BCUT2D eigenvalue weighted by atomic mass is 10.0. The number of hydrogen-bond acceptors (Lipinski definition) is 6. The quantitative estimate of drug-likeness (QED) is 0.722. The van der Waals surface area contributed by atoms with E-state index in [0.29, 0.717) is 24.0 Å². The Bertz CT molecular complexity index is 892. The normalized spacial score (nSPS) is 17.3. The predicted molar refractivity (Wildman–Crippen MR) is 94.1 cm³/mol. The van der Waals surface area contributed by atoms with E-state index in [0.717, 1.165) is 30.5 Å². The third-order valence-corrected chi connectivity index (χ3v) is 4.52. The summed E-state index contributed by atoms with van der Waals surface area (Å²) in [5, 5.41) is 4.09. The maximum absolute atomic E-state index is 12.9. The molecule has 4 rings (SSSR count). The molecule has 0 radical (unpaired) electrons. The maximum Gasteiger partial charge on any atom is 0.274 e. The molecule has 1 aliphatic heterocycles. The summed E-state index contributed by atoms with van der Waals surface area (Å²) in [5.41, 5.74) is 2.01. The molecule has 0 spiro atoms. The Labute approximate surface area is 151 Å². The zero-order valence-corrected chi connectivity index (χ0v) is 14.5. The molecule has 2 aromatic heterocycles. The summed E-state index contributed by atoms with van der Waals surface area (Å²) in [6.45, 7) is 2.48. The fourth-order valence-corrected chi connectivity index (χ4v) is 3.16. The van der Waals surface area contributed by atoms with Crippen LogP contribution in [-0.2, 0) is 0 Å². The molecule has 0 aliphatic carbocycles. The number of hydrogen-bond donors (Lipinski definition) is 0. The largest absolute Gasteiger partial charge is 0.337 e. The number of aromatic nitrogens is 4. The molecule has 7 heteroatoms. The minimum Gasteiger partial charge on any atom is -0.337 e. The van der Waals surface area contributed by atoms with E-state index in [9.17, 15) is 4.79 Å². The Balaban J connectivity index is 1.61. The van der Waals surface area contributed by atoms with Gasteiger partial charge in [-0.2, -0.15) is 4.98 Å². The van der Waals surface area contributed by atoms with Gasteiger partial charge < -0.3 is 9.42 Å².